The molecule has 0 bridgehead atoms. The fraction of sp³-hybridized carbons (Fsp3) is 0.130. The summed E-state index contributed by atoms with van der Waals surface area (Å²) in [5.41, 5.74) is 1.43. The Morgan fingerprint density at radius 1 is 0.900 bits per heavy atom. The topological polar surface area (TPSA) is 76.7 Å². The van der Waals surface area contributed by atoms with E-state index in [1.54, 1.807) is 48.5 Å². The minimum atomic E-state index is -0.312. The Morgan fingerprint density at radius 2 is 1.60 bits per heavy atom. The van der Waals surface area contributed by atoms with Crippen LogP contribution in [0.5, 0.6) is 11.5 Å². The first kappa shape index (κ1) is 19.8. The number of halogens is 1. The lowest BCUT2D eigenvalue weighted by Gasteiger charge is -2.26. The van der Waals surface area contributed by atoms with Gasteiger partial charge in [-0.15, -0.1) is 0 Å². The monoisotopic (exact) mass is 422 g/mol. The van der Waals surface area contributed by atoms with Gasteiger partial charge in [0.25, 0.3) is 11.8 Å². The van der Waals surface area contributed by atoms with Crippen LogP contribution < -0.4 is 20.1 Å². The van der Waals surface area contributed by atoms with Crippen molar-refractivity contribution in [2.75, 3.05) is 18.5 Å². The molecule has 0 unspecified atom stereocenters. The smallest absolute Gasteiger partial charge is 0.257 e. The van der Waals surface area contributed by atoms with Gasteiger partial charge in [-0.25, -0.2) is 0 Å². The van der Waals surface area contributed by atoms with Crippen LogP contribution in [0.1, 0.15) is 20.7 Å². The zero-order valence-electron chi connectivity index (χ0n) is 15.9. The molecule has 1 atom stereocenters. The van der Waals surface area contributed by atoms with Crippen LogP contribution in [0.3, 0.4) is 0 Å². The van der Waals surface area contributed by atoms with E-state index < -0.39 is 0 Å². The van der Waals surface area contributed by atoms with E-state index in [0.29, 0.717) is 46.5 Å². The van der Waals surface area contributed by atoms with E-state index in [-0.39, 0.29) is 17.9 Å². The van der Waals surface area contributed by atoms with Crippen molar-refractivity contribution < 1.29 is 19.1 Å². The minimum absolute atomic E-state index is 0.235. The third-order valence-electron chi connectivity index (χ3n) is 4.58. The number of rotatable bonds is 5. The quantitative estimate of drug-likeness (QED) is 0.647. The standard InChI is InChI=1S/C23H19ClN2O4/c24-19-6-2-1-5-18(19)23(28)26-16-11-9-15(10-12-16)22(27)25-13-17-14-29-20-7-3-4-8-21(20)30-17/h1-12,17H,13-14H2,(H,25,27)(H,26,28)/t17-/m0/s1. The van der Waals surface area contributed by atoms with Gasteiger partial charge in [-0.1, -0.05) is 35.9 Å². The lowest BCUT2D eigenvalue weighted by atomic mass is 10.1. The minimum Gasteiger partial charge on any atom is -0.486 e. The highest BCUT2D eigenvalue weighted by atomic mass is 35.5. The average molecular weight is 423 g/mol. The lowest BCUT2D eigenvalue weighted by Crippen LogP contribution is -2.40. The number of benzene rings is 3. The second-order valence-electron chi connectivity index (χ2n) is 6.72. The molecule has 2 N–H and O–H groups in total. The molecule has 1 aliphatic heterocycles. The van der Waals surface area contributed by atoms with Crippen LogP contribution >= 0.6 is 11.6 Å². The molecule has 152 valence electrons. The fourth-order valence-corrected chi connectivity index (χ4v) is 3.24. The molecule has 0 spiro atoms. The van der Waals surface area contributed by atoms with E-state index in [9.17, 15) is 9.59 Å². The summed E-state index contributed by atoms with van der Waals surface area (Å²) >= 11 is 6.05. The Hall–Kier alpha value is -3.51. The first-order valence-electron chi connectivity index (χ1n) is 9.43. The second-order valence-corrected chi connectivity index (χ2v) is 7.13. The molecule has 0 saturated heterocycles. The molecule has 3 aromatic rings. The van der Waals surface area contributed by atoms with Crippen LogP contribution in [0.15, 0.2) is 72.8 Å². The molecule has 0 aliphatic carbocycles. The number of ether oxygens (including phenoxy) is 2. The Labute approximate surface area is 178 Å². The van der Waals surface area contributed by atoms with Crippen molar-refractivity contribution in [3.05, 3.63) is 88.9 Å². The van der Waals surface area contributed by atoms with Gasteiger partial charge in [0.1, 0.15) is 12.7 Å². The van der Waals surface area contributed by atoms with Gasteiger partial charge in [0.05, 0.1) is 17.1 Å². The van der Waals surface area contributed by atoms with Gasteiger partial charge in [-0.05, 0) is 48.5 Å². The largest absolute Gasteiger partial charge is 0.486 e. The van der Waals surface area contributed by atoms with Gasteiger partial charge in [-0.2, -0.15) is 0 Å². The van der Waals surface area contributed by atoms with Crippen molar-refractivity contribution in [2.24, 2.45) is 0 Å². The molecule has 0 saturated carbocycles. The van der Waals surface area contributed by atoms with Crippen LogP contribution in [-0.2, 0) is 0 Å². The first-order chi connectivity index (χ1) is 14.6. The maximum absolute atomic E-state index is 12.4. The van der Waals surface area contributed by atoms with Crippen molar-refractivity contribution in [2.45, 2.75) is 6.10 Å². The van der Waals surface area contributed by atoms with Crippen LogP contribution in [-0.4, -0.2) is 31.1 Å². The number of amides is 2. The summed E-state index contributed by atoms with van der Waals surface area (Å²) in [6.07, 6.45) is -0.266. The predicted molar refractivity (Wildman–Crippen MR) is 115 cm³/mol. The van der Waals surface area contributed by atoms with Crippen molar-refractivity contribution >= 4 is 29.1 Å². The van der Waals surface area contributed by atoms with Crippen LogP contribution in [0, 0.1) is 0 Å². The van der Waals surface area contributed by atoms with E-state index in [1.807, 2.05) is 24.3 Å². The summed E-state index contributed by atoms with van der Waals surface area (Å²) in [4.78, 5) is 24.7. The molecule has 6 nitrogen and oxygen atoms in total. The molecule has 3 aromatic carbocycles. The van der Waals surface area contributed by atoms with E-state index in [4.69, 9.17) is 21.1 Å². The third kappa shape index (κ3) is 4.55. The summed E-state index contributed by atoms with van der Waals surface area (Å²) in [5, 5.41) is 5.99. The Morgan fingerprint density at radius 3 is 2.37 bits per heavy atom. The number of hydrogen-bond acceptors (Lipinski definition) is 4. The molecule has 2 amide bonds. The zero-order chi connectivity index (χ0) is 20.9. The van der Waals surface area contributed by atoms with Crippen LogP contribution in [0.25, 0.3) is 0 Å². The number of carbonyl (C=O) groups is 2. The lowest BCUT2D eigenvalue weighted by molar-refractivity contribution is 0.0789. The van der Waals surface area contributed by atoms with Gasteiger partial charge in [0.2, 0.25) is 0 Å². The van der Waals surface area contributed by atoms with Gasteiger partial charge < -0.3 is 20.1 Å². The van der Waals surface area contributed by atoms with Crippen LogP contribution in [0.4, 0.5) is 5.69 Å². The Balaban J connectivity index is 1.31. The van der Waals surface area contributed by atoms with Gasteiger partial charge in [0.15, 0.2) is 11.5 Å². The van der Waals surface area contributed by atoms with Crippen molar-refractivity contribution in [3.63, 3.8) is 0 Å². The molecular weight excluding hydrogens is 404 g/mol. The highest BCUT2D eigenvalue weighted by molar-refractivity contribution is 6.34. The molecule has 7 heteroatoms. The van der Waals surface area contributed by atoms with Crippen molar-refractivity contribution in [1.29, 1.82) is 0 Å². The summed E-state index contributed by atoms with van der Waals surface area (Å²) in [6.45, 7) is 0.683. The molecular formula is C23H19ClN2O4. The van der Waals surface area contributed by atoms with Gasteiger partial charge in [-0.3, -0.25) is 9.59 Å². The average Bonchev–Trinajstić information content (AvgIpc) is 2.78. The molecule has 1 aliphatic rings. The summed E-state index contributed by atoms with van der Waals surface area (Å²) in [6, 6.07) is 20.9. The van der Waals surface area contributed by atoms with Crippen LogP contribution in [0.2, 0.25) is 5.02 Å². The maximum Gasteiger partial charge on any atom is 0.257 e. The normalized spacial score (nSPS) is 14.6. The number of para-hydroxylation sites is 2. The number of fused-ring (bicyclic) bond motifs is 1. The molecule has 30 heavy (non-hydrogen) atoms. The summed E-state index contributed by atoms with van der Waals surface area (Å²) in [7, 11) is 0. The van der Waals surface area contributed by atoms with Crippen molar-refractivity contribution in [1.82, 2.24) is 5.32 Å². The Kier molecular flexibility index (Phi) is 5.86. The molecule has 0 aromatic heterocycles. The number of nitrogens with one attached hydrogen (secondary N) is 2. The second kappa shape index (κ2) is 8.88. The Bertz CT molecular complexity index is 1070. The van der Waals surface area contributed by atoms with E-state index in [1.165, 1.54) is 0 Å². The summed E-state index contributed by atoms with van der Waals surface area (Å²) < 4.78 is 11.5. The zero-order valence-corrected chi connectivity index (χ0v) is 16.7. The van der Waals surface area contributed by atoms with E-state index in [2.05, 4.69) is 10.6 Å². The highest BCUT2D eigenvalue weighted by Gasteiger charge is 2.21. The fourth-order valence-electron chi connectivity index (χ4n) is 3.02. The summed E-state index contributed by atoms with van der Waals surface area (Å²) in [5.74, 6) is 0.824. The molecule has 1 heterocycles. The van der Waals surface area contributed by atoms with E-state index in [0.717, 1.165) is 0 Å². The molecule has 0 radical (unpaired) electrons. The van der Waals surface area contributed by atoms with Gasteiger partial charge in [0, 0.05) is 11.3 Å². The SMILES string of the molecule is O=C(NC[C@H]1COc2ccccc2O1)c1ccc(NC(=O)c2ccccc2Cl)cc1. The van der Waals surface area contributed by atoms with Gasteiger partial charge >= 0.3 is 0 Å². The van der Waals surface area contributed by atoms with E-state index >= 15 is 0 Å². The number of carbonyl (C=O) groups excluding carboxylic acids is 2. The van der Waals surface area contributed by atoms with Crippen molar-refractivity contribution in [3.8, 4) is 11.5 Å². The number of hydrogen-bond donors (Lipinski definition) is 2. The molecule has 0 fully saturated rings. The number of anilines is 1. The first-order valence-corrected chi connectivity index (χ1v) is 9.80. The third-order valence-corrected chi connectivity index (χ3v) is 4.91. The maximum atomic E-state index is 12.4. The predicted octanol–water partition coefficient (Wildman–Crippen LogP) is 4.16. The molecule has 4 rings (SSSR count). The highest BCUT2D eigenvalue weighted by Crippen LogP contribution is 2.30.